The summed E-state index contributed by atoms with van der Waals surface area (Å²) in [4.78, 5) is 24.8. The number of carbonyl (C=O) groups excluding carboxylic acids is 2. The lowest BCUT2D eigenvalue weighted by atomic mass is 9.95. The Kier molecular flexibility index (Phi) is 5.98. The van der Waals surface area contributed by atoms with Crippen molar-refractivity contribution in [1.82, 2.24) is 10.6 Å². The summed E-state index contributed by atoms with van der Waals surface area (Å²) in [7, 11) is 0. The number of hydrogen-bond donors (Lipinski definition) is 3. The second-order valence-corrected chi connectivity index (χ2v) is 6.35. The Labute approximate surface area is 162 Å². The normalized spacial score (nSPS) is 16.4. The fourth-order valence-electron chi connectivity index (χ4n) is 2.86. The van der Waals surface area contributed by atoms with Crippen LogP contribution >= 0.6 is 11.6 Å². The van der Waals surface area contributed by atoms with Gasteiger partial charge in [-0.3, -0.25) is 0 Å². The van der Waals surface area contributed by atoms with Crippen LogP contribution in [-0.2, 0) is 9.53 Å². The molecule has 140 valence electrons. The quantitative estimate of drug-likeness (QED) is 0.663. The highest BCUT2D eigenvalue weighted by Crippen LogP contribution is 2.28. The molecule has 0 aliphatic carbocycles. The summed E-state index contributed by atoms with van der Waals surface area (Å²) in [6.07, 6.45) is 0. The van der Waals surface area contributed by atoms with Crippen molar-refractivity contribution in [3.05, 3.63) is 76.5 Å². The van der Waals surface area contributed by atoms with E-state index in [0.29, 0.717) is 16.3 Å². The first kappa shape index (κ1) is 18.8. The molecule has 2 aromatic rings. The van der Waals surface area contributed by atoms with Crippen molar-refractivity contribution in [2.24, 2.45) is 0 Å². The van der Waals surface area contributed by atoms with Crippen LogP contribution in [0.5, 0.6) is 0 Å². The molecule has 6 nitrogen and oxygen atoms in total. The van der Waals surface area contributed by atoms with Gasteiger partial charge < -0.3 is 20.7 Å². The predicted octanol–water partition coefficient (Wildman–Crippen LogP) is 3.62. The third kappa shape index (κ3) is 4.60. The van der Waals surface area contributed by atoms with E-state index in [-0.39, 0.29) is 19.2 Å². The first-order valence-corrected chi connectivity index (χ1v) is 8.98. The maximum Gasteiger partial charge on any atom is 0.338 e. The lowest BCUT2D eigenvalue weighted by Gasteiger charge is -2.29. The van der Waals surface area contributed by atoms with E-state index in [1.54, 1.807) is 19.1 Å². The summed E-state index contributed by atoms with van der Waals surface area (Å²) in [5, 5.41) is 9.36. The number of hydrogen-bond acceptors (Lipinski definition) is 4. The molecule has 0 spiro atoms. The van der Waals surface area contributed by atoms with Crippen molar-refractivity contribution in [1.29, 1.82) is 0 Å². The van der Waals surface area contributed by atoms with E-state index >= 15 is 0 Å². The Morgan fingerprint density at radius 3 is 2.52 bits per heavy atom. The predicted molar refractivity (Wildman–Crippen MR) is 104 cm³/mol. The number of urea groups is 1. The minimum atomic E-state index is -0.582. The van der Waals surface area contributed by atoms with Gasteiger partial charge in [-0.05, 0) is 36.8 Å². The van der Waals surface area contributed by atoms with Crippen molar-refractivity contribution >= 4 is 29.3 Å². The van der Waals surface area contributed by atoms with Gasteiger partial charge in [0.15, 0.2) is 0 Å². The number of halogens is 1. The standard InChI is InChI=1S/C20H20ClN3O3/c1-2-27-19(25)17-16(12-22-15-10-8-14(21)9-11-15)23-20(26)24-18(17)13-6-4-3-5-7-13/h3-11,18,22H,2,12H2,1H3,(H2,23,24,26)/t18-/m0/s1. The lowest BCUT2D eigenvalue weighted by molar-refractivity contribution is -0.139. The summed E-state index contributed by atoms with van der Waals surface area (Å²) < 4.78 is 5.23. The van der Waals surface area contributed by atoms with E-state index in [9.17, 15) is 9.59 Å². The minimum Gasteiger partial charge on any atom is -0.463 e. The van der Waals surface area contributed by atoms with Gasteiger partial charge in [0.25, 0.3) is 0 Å². The van der Waals surface area contributed by atoms with Crippen LogP contribution in [0, 0.1) is 0 Å². The Bertz CT molecular complexity index is 851. The molecule has 0 saturated carbocycles. The summed E-state index contributed by atoms with van der Waals surface area (Å²) in [6, 6.07) is 15.5. The SMILES string of the molecule is CCOC(=O)C1=C(CNc2ccc(Cl)cc2)NC(=O)N[C@H]1c1ccccc1. The Hall–Kier alpha value is -2.99. The van der Waals surface area contributed by atoms with Crippen LogP contribution in [0.15, 0.2) is 65.9 Å². The van der Waals surface area contributed by atoms with Crippen LogP contribution in [-0.4, -0.2) is 25.2 Å². The lowest BCUT2D eigenvalue weighted by Crippen LogP contribution is -2.47. The zero-order valence-corrected chi connectivity index (χ0v) is 15.5. The number of benzene rings is 2. The van der Waals surface area contributed by atoms with Gasteiger partial charge in [0.1, 0.15) is 0 Å². The fraction of sp³-hybridized carbons (Fsp3) is 0.200. The first-order chi connectivity index (χ1) is 13.1. The summed E-state index contributed by atoms with van der Waals surface area (Å²) >= 11 is 5.90. The average molecular weight is 386 g/mol. The molecule has 3 N–H and O–H groups in total. The molecule has 0 aromatic heterocycles. The Morgan fingerprint density at radius 1 is 1.15 bits per heavy atom. The number of amides is 2. The molecule has 2 aromatic carbocycles. The molecular formula is C20H20ClN3O3. The minimum absolute atomic E-state index is 0.246. The summed E-state index contributed by atoms with van der Waals surface area (Å²) in [6.45, 7) is 2.25. The average Bonchev–Trinajstić information content (AvgIpc) is 2.68. The highest BCUT2D eigenvalue weighted by molar-refractivity contribution is 6.30. The second-order valence-electron chi connectivity index (χ2n) is 5.92. The van der Waals surface area contributed by atoms with E-state index < -0.39 is 12.0 Å². The van der Waals surface area contributed by atoms with Crippen LogP contribution in [0.2, 0.25) is 5.02 Å². The molecule has 1 atom stereocenters. The molecule has 1 aliphatic rings. The molecule has 0 saturated heterocycles. The highest BCUT2D eigenvalue weighted by atomic mass is 35.5. The van der Waals surface area contributed by atoms with Crippen LogP contribution in [0.3, 0.4) is 0 Å². The van der Waals surface area contributed by atoms with E-state index in [0.717, 1.165) is 11.3 Å². The highest BCUT2D eigenvalue weighted by Gasteiger charge is 2.33. The Morgan fingerprint density at radius 2 is 1.85 bits per heavy atom. The van der Waals surface area contributed by atoms with Gasteiger partial charge >= 0.3 is 12.0 Å². The summed E-state index contributed by atoms with van der Waals surface area (Å²) in [5.74, 6) is -0.466. The molecule has 0 unspecified atom stereocenters. The number of anilines is 1. The van der Waals surface area contributed by atoms with Crippen molar-refractivity contribution in [3.63, 3.8) is 0 Å². The maximum absolute atomic E-state index is 12.6. The zero-order chi connectivity index (χ0) is 19.2. The number of nitrogens with one attached hydrogen (secondary N) is 3. The Balaban J connectivity index is 1.93. The zero-order valence-electron chi connectivity index (χ0n) is 14.8. The molecule has 27 heavy (non-hydrogen) atoms. The van der Waals surface area contributed by atoms with Crippen molar-refractivity contribution in [2.45, 2.75) is 13.0 Å². The number of carbonyl (C=O) groups is 2. The van der Waals surface area contributed by atoms with E-state index in [1.165, 1.54) is 0 Å². The maximum atomic E-state index is 12.6. The molecule has 2 amide bonds. The largest absolute Gasteiger partial charge is 0.463 e. The molecular weight excluding hydrogens is 366 g/mol. The topological polar surface area (TPSA) is 79.5 Å². The van der Waals surface area contributed by atoms with Gasteiger partial charge in [0, 0.05) is 10.7 Å². The molecule has 3 rings (SSSR count). The third-order valence-electron chi connectivity index (χ3n) is 4.10. The molecule has 1 heterocycles. The molecule has 7 heteroatoms. The number of ether oxygens (including phenoxy) is 1. The van der Waals surface area contributed by atoms with E-state index in [2.05, 4.69) is 16.0 Å². The molecule has 0 radical (unpaired) electrons. The van der Waals surface area contributed by atoms with Crippen LogP contribution in [0.25, 0.3) is 0 Å². The molecule has 1 aliphatic heterocycles. The van der Waals surface area contributed by atoms with Gasteiger partial charge in [-0.2, -0.15) is 0 Å². The van der Waals surface area contributed by atoms with Gasteiger partial charge in [-0.15, -0.1) is 0 Å². The van der Waals surface area contributed by atoms with Gasteiger partial charge in [0.2, 0.25) is 0 Å². The van der Waals surface area contributed by atoms with Crippen LogP contribution in [0.1, 0.15) is 18.5 Å². The fourth-order valence-corrected chi connectivity index (χ4v) is 2.99. The van der Waals surface area contributed by atoms with E-state index in [4.69, 9.17) is 16.3 Å². The molecule has 0 fully saturated rings. The van der Waals surface area contributed by atoms with Crippen molar-refractivity contribution in [3.8, 4) is 0 Å². The van der Waals surface area contributed by atoms with Crippen molar-refractivity contribution < 1.29 is 14.3 Å². The van der Waals surface area contributed by atoms with Gasteiger partial charge in [0.05, 0.1) is 30.5 Å². The summed E-state index contributed by atoms with van der Waals surface area (Å²) in [5.41, 5.74) is 2.48. The van der Waals surface area contributed by atoms with Crippen LogP contribution in [0.4, 0.5) is 10.5 Å². The number of esters is 1. The smallest absolute Gasteiger partial charge is 0.338 e. The van der Waals surface area contributed by atoms with Crippen LogP contribution < -0.4 is 16.0 Å². The monoisotopic (exact) mass is 385 g/mol. The first-order valence-electron chi connectivity index (χ1n) is 8.60. The van der Waals surface area contributed by atoms with Crippen molar-refractivity contribution in [2.75, 3.05) is 18.5 Å². The van der Waals surface area contributed by atoms with E-state index in [1.807, 2.05) is 42.5 Å². The van der Waals surface area contributed by atoms with Gasteiger partial charge in [-0.25, -0.2) is 9.59 Å². The second kappa shape index (κ2) is 8.60. The number of rotatable bonds is 6. The molecule has 0 bridgehead atoms. The third-order valence-corrected chi connectivity index (χ3v) is 4.35. The van der Waals surface area contributed by atoms with Gasteiger partial charge in [-0.1, -0.05) is 41.9 Å².